The van der Waals surface area contributed by atoms with Crippen LogP contribution in [0.2, 0.25) is 5.02 Å². The Labute approximate surface area is 148 Å². The third-order valence-corrected chi connectivity index (χ3v) is 5.96. The third-order valence-electron chi connectivity index (χ3n) is 5.70. The van der Waals surface area contributed by atoms with E-state index in [1.54, 1.807) is 0 Å². The van der Waals surface area contributed by atoms with Gasteiger partial charge in [0.25, 0.3) is 0 Å². The van der Waals surface area contributed by atoms with Gasteiger partial charge < -0.3 is 14.4 Å². The molecule has 0 radical (unpaired) electrons. The molecule has 0 bridgehead atoms. The lowest BCUT2D eigenvalue weighted by molar-refractivity contribution is -0.155. The first kappa shape index (κ1) is 16.2. The molecule has 0 unspecified atom stereocenters. The summed E-state index contributed by atoms with van der Waals surface area (Å²) in [6.07, 6.45) is 7.59. The zero-order valence-electron chi connectivity index (χ0n) is 13.9. The summed E-state index contributed by atoms with van der Waals surface area (Å²) in [4.78, 5) is 14.4. The largest absolute Gasteiger partial charge is 0.491 e. The Morgan fingerprint density at radius 3 is 2.71 bits per heavy atom. The molecule has 3 fully saturated rings. The molecule has 2 heterocycles. The highest BCUT2D eigenvalue weighted by atomic mass is 35.5. The fourth-order valence-corrected chi connectivity index (χ4v) is 4.68. The standard InChI is InChI=1S/C19H24ClNO3/c20-15-6-8-16(9-7-15)23-13-17-12-21-18(22)10-11-19(21,24-17)14-4-2-1-3-5-14/h6-9,14,17H,1-5,10-13H2/t17-,19-/m1/s1. The number of amides is 1. The quantitative estimate of drug-likeness (QED) is 0.824. The molecule has 3 aliphatic rings. The highest BCUT2D eigenvalue weighted by Crippen LogP contribution is 2.48. The highest BCUT2D eigenvalue weighted by Gasteiger charge is 2.57. The number of fused-ring (bicyclic) bond motifs is 1. The van der Waals surface area contributed by atoms with E-state index in [9.17, 15) is 4.79 Å². The zero-order valence-corrected chi connectivity index (χ0v) is 14.6. The molecule has 1 aromatic rings. The van der Waals surface area contributed by atoms with E-state index in [1.165, 1.54) is 32.1 Å². The van der Waals surface area contributed by atoms with Crippen LogP contribution >= 0.6 is 11.6 Å². The number of carbonyl (C=O) groups is 1. The van der Waals surface area contributed by atoms with Crippen LogP contribution in [0.4, 0.5) is 0 Å². The summed E-state index contributed by atoms with van der Waals surface area (Å²) in [5.41, 5.74) is -0.356. The molecule has 2 saturated heterocycles. The maximum atomic E-state index is 12.4. The number of hydrogen-bond donors (Lipinski definition) is 0. The van der Waals surface area contributed by atoms with Gasteiger partial charge >= 0.3 is 0 Å². The van der Waals surface area contributed by atoms with Gasteiger partial charge in [0.1, 0.15) is 24.2 Å². The second kappa shape index (κ2) is 6.57. The van der Waals surface area contributed by atoms with E-state index in [1.807, 2.05) is 29.2 Å². The van der Waals surface area contributed by atoms with Gasteiger partial charge in [-0.15, -0.1) is 0 Å². The lowest BCUT2D eigenvalue weighted by atomic mass is 9.80. The van der Waals surface area contributed by atoms with Crippen molar-refractivity contribution >= 4 is 17.5 Å². The molecule has 4 nitrogen and oxygen atoms in total. The fourth-order valence-electron chi connectivity index (χ4n) is 4.56. The first-order valence-corrected chi connectivity index (χ1v) is 9.42. The first-order valence-electron chi connectivity index (χ1n) is 9.04. The summed E-state index contributed by atoms with van der Waals surface area (Å²) < 4.78 is 12.3. The van der Waals surface area contributed by atoms with Crippen LogP contribution in [0.5, 0.6) is 5.75 Å². The van der Waals surface area contributed by atoms with Crippen LogP contribution in [0.1, 0.15) is 44.9 Å². The molecule has 5 heteroatoms. The van der Waals surface area contributed by atoms with Crippen LogP contribution in [0.15, 0.2) is 24.3 Å². The van der Waals surface area contributed by atoms with Crippen molar-refractivity contribution in [3.05, 3.63) is 29.3 Å². The molecular formula is C19H24ClNO3. The molecule has 1 aliphatic carbocycles. The minimum absolute atomic E-state index is 0.0492. The van der Waals surface area contributed by atoms with E-state index in [-0.39, 0.29) is 17.7 Å². The summed E-state index contributed by atoms with van der Waals surface area (Å²) in [5.74, 6) is 1.51. The van der Waals surface area contributed by atoms with Crippen molar-refractivity contribution in [3.63, 3.8) is 0 Å². The lowest BCUT2D eigenvalue weighted by Gasteiger charge is -2.40. The summed E-state index contributed by atoms with van der Waals surface area (Å²) in [5, 5.41) is 0.696. The SMILES string of the molecule is O=C1CC[C@]2(C3CCCCC3)O[C@@H](COc3ccc(Cl)cc3)CN12. The van der Waals surface area contributed by atoms with E-state index in [4.69, 9.17) is 21.1 Å². The molecule has 1 aromatic carbocycles. The van der Waals surface area contributed by atoms with Crippen molar-refractivity contribution < 1.29 is 14.3 Å². The van der Waals surface area contributed by atoms with Crippen LogP contribution < -0.4 is 4.74 Å². The van der Waals surface area contributed by atoms with Gasteiger partial charge in [-0.25, -0.2) is 0 Å². The third kappa shape index (κ3) is 2.91. The molecule has 0 spiro atoms. The number of nitrogens with zero attached hydrogens (tertiary/aromatic N) is 1. The first-order chi connectivity index (χ1) is 11.7. The van der Waals surface area contributed by atoms with E-state index in [0.29, 0.717) is 30.5 Å². The van der Waals surface area contributed by atoms with Gasteiger partial charge in [-0.1, -0.05) is 30.9 Å². The Morgan fingerprint density at radius 1 is 1.21 bits per heavy atom. The number of benzene rings is 1. The highest BCUT2D eigenvalue weighted by molar-refractivity contribution is 6.30. The van der Waals surface area contributed by atoms with Gasteiger partial charge in [-0.2, -0.15) is 0 Å². The second-order valence-corrected chi connectivity index (χ2v) is 7.63. The molecule has 130 valence electrons. The average molecular weight is 350 g/mol. The number of halogens is 1. The summed E-state index contributed by atoms with van der Waals surface area (Å²) in [6.45, 7) is 1.13. The topological polar surface area (TPSA) is 38.8 Å². The van der Waals surface area contributed by atoms with Gasteiger partial charge in [0.05, 0.1) is 6.54 Å². The van der Waals surface area contributed by atoms with Crippen molar-refractivity contribution in [2.24, 2.45) is 5.92 Å². The molecule has 2 atom stereocenters. The summed E-state index contributed by atoms with van der Waals surface area (Å²) in [7, 11) is 0. The lowest BCUT2D eigenvalue weighted by Crippen LogP contribution is -2.48. The van der Waals surface area contributed by atoms with Crippen molar-refractivity contribution in [1.82, 2.24) is 4.90 Å². The maximum Gasteiger partial charge on any atom is 0.225 e. The van der Waals surface area contributed by atoms with Crippen LogP contribution in [0, 0.1) is 5.92 Å². The number of rotatable bonds is 4. The minimum Gasteiger partial charge on any atom is -0.491 e. The van der Waals surface area contributed by atoms with Crippen LogP contribution in [0.25, 0.3) is 0 Å². The van der Waals surface area contributed by atoms with Crippen molar-refractivity contribution in [3.8, 4) is 5.75 Å². The smallest absolute Gasteiger partial charge is 0.225 e. The zero-order chi connectivity index (χ0) is 16.6. The fraction of sp³-hybridized carbons (Fsp3) is 0.632. The minimum atomic E-state index is -0.356. The number of ether oxygens (including phenoxy) is 2. The monoisotopic (exact) mass is 349 g/mol. The van der Waals surface area contributed by atoms with E-state index in [2.05, 4.69) is 0 Å². The van der Waals surface area contributed by atoms with Gasteiger partial charge in [0, 0.05) is 23.8 Å². The Bertz CT molecular complexity index is 599. The molecule has 4 rings (SSSR count). The molecule has 1 saturated carbocycles. The van der Waals surface area contributed by atoms with Crippen LogP contribution in [-0.2, 0) is 9.53 Å². The predicted molar refractivity (Wildman–Crippen MR) is 92.1 cm³/mol. The Kier molecular flexibility index (Phi) is 4.44. The van der Waals surface area contributed by atoms with E-state index >= 15 is 0 Å². The Morgan fingerprint density at radius 2 is 1.96 bits per heavy atom. The van der Waals surface area contributed by atoms with E-state index < -0.39 is 0 Å². The van der Waals surface area contributed by atoms with Gasteiger partial charge in [-0.3, -0.25) is 4.79 Å². The van der Waals surface area contributed by atoms with Crippen LogP contribution in [-0.4, -0.2) is 35.8 Å². The second-order valence-electron chi connectivity index (χ2n) is 7.19. The molecule has 24 heavy (non-hydrogen) atoms. The molecule has 2 aliphatic heterocycles. The van der Waals surface area contributed by atoms with Crippen molar-refractivity contribution in [2.75, 3.05) is 13.2 Å². The Balaban J connectivity index is 1.43. The van der Waals surface area contributed by atoms with Crippen molar-refractivity contribution in [1.29, 1.82) is 0 Å². The molecule has 0 aromatic heterocycles. The summed E-state index contributed by atoms with van der Waals surface area (Å²) >= 11 is 5.90. The molecule has 0 N–H and O–H groups in total. The average Bonchev–Trinajstić information content (AvgIpc) is 3.13. The molecule has 1 amide bonds. The maximum absolute atomic E-state index is 12.4. The Hall–Kier alpha value is -1.26. The normalized spacial score (nSPS) is 30.6. The van der Waals surface area contributed by atoms with Gasteiger partial charge in [0.15, 0.2) is 0 Å². The number of carbonyl (C=O) groups excluding carboxylic acids is 1. The van der Waals surface area contributed by atoms with Crippen LogP contribution in [0.3, 0.4) is 0 Å². The van der Waals surface area contributed by atoms with Crippen molar-refractivity contribution in [2.45, 2.75) is 56.8 Å². The van der Waals surface area contributed by atoms with Gasteiger partial charge in [0.2, 0.25) is 5.91 Å². The number of hydrogen-bond acceptors (Lipinski definition) is 3. The predicted octanol–water partition coefficient (Wildman–Crippen LogP) is 4.02. The van der Waals surface area contributed by atoms with E-state index in [0.717, 1.165) is 12.2 Å². The molecular weight excluding hydrogens is 326 g/mol. The summed E-state index contributed by atoms with van der Waals surface area (Å²) in [6, 6.07) is 7.36. The van der Waals surface area contributed by atoms with Gasteiger partial charge in [-0.05, 0) is 37.1 Å².